The Hall–Kier alpha value is -1.75. The molecule has 0 saturated carbocycles. The lowest BCUT2D eigenvalue weighted by atomic mass is 10.1. The maximum absolute atomic E-state index is 5.30. The normalized spacial score (nSPS) is 15.2. The number of aryl methyl sites for hydroxylation is 2. The maximum atomic E-state index is 5.30. The highest BCUT2D eigenvalue weighted by atomic mass is 16.5. The standard InChI is InChI=1S/C15H20N4O/c1-10-8-12-14(13(16-10)9-20-3)15(18-11(2)17-12)19-6-4-5-7-19/h8H,4-7,9H2,1-3H3. The van der Waals surface area contributed by atoms with Crippen LogP contribution in [0, 0.1) is 13.8 Å². The Morgan fingerprint density at radius 2 is 1.90 bits per heavy atom. The van der Waals surface area contributed by atoms with E-state index in [1.165, 1.54) is 12.8 Å². The summed E-state index contributed by atoms with van der Waals surface area (Å²) in [4.78, 5) is 16.2. The minimum atomic E-state index is 0.492. The minimum Gasteiger partial charge on any atom is -0.378 e. The molecule has 106 valence electrons. The Bertz CT molecular complexity index is 630. The molecule has 2 aromatic rings. The topological polar surface area (TPSA) is 51.1 Å². The molecule has 20 heavy (non-hydrogen) atoms. The molecule has 1 saturated heterocycles. The van der Waals surface area contributed by atoms with Crippen LogP contribution < -0.4 is 4.90 Å². The molecule has 0 aliphatic carbocycles. The van der Waals surface area contributed by atoms with E-state index in [1.807, 2.05) is 19.9 Å². The van der Waals surface area contributed by atoms with Gasteiger partial charge in [-0.2, -0.15) is 0 Å². The van der Waals surface area contributed by atoms with Crippen LogP contribution in [0.25, 0.3) is 10.9 Å². The molecular formula is C15H20N4O. The second-order valence-corrected chi connectivity index (χ2v) is 5.33. The third-order valence-electron chi connectivity index (χ3n) is 3.66. The van der Waals surface area contributed by atoms with Crippen molar-refractivity contribution >= 4 is 16.7 Å². The lowest BCUT2D eigenvalue weighted by Gasteiger charge is -2.20. The molecule has 0 atom stereocenters. The zero-order valence-corrected chi connectivity index (χ0v) is 12.3. The van der Waals surface area contributed by atoms with E-state index in [4.69, 9.17) is 4.74 Å². The highest BCUT2D eigenvalue weighted by Crippen LogP contribution is 2.29. The molecule has 0 N–H and O–H groups in total. The van der Waals surface area contributed by atoms with Gasteiger partial charge in [0.25, 0.3) is 0 Å². The van der Waals surface area contributed by atoms with E-state index in [2.05, 4.69) is 19.9 Å². The van der Waals surface area contributed by atoms with Crippen LogP contribution >= 0.6 is 0 Å². The molecule has 1 aliphatic rings. The molecule has 5 nitrogen and oxygen atoms in total. The maximum Gasteiger partial charge on any atom is 0.142 e. The van der Waals surface area contributed by atoms with Crippen LogP contribution in [0.5, 0.6) is 0 Å². The van der Waals surface area contributed by atoms with Crippen LogP contribution in [0.15, 0.2) is 6.07 Å². The number of methoxy groups -OCH3 is 1. The quantitative estimate of drug-likeness (QED) is 0.858. The van der Waals surface area contributed by atoms with Gasteiger partial charge >= 0.3 is 0 Å². The molecule has 3 heterocycles. The van der Waals surface area contributed by atoms with Crippen molar-refractivity contribution in [1.82, 2.24) is 15.0 Å². The lowest BCUT2D eigenvalue weighted by Crippen LogP contribution is -2.20. The number of aromatic nitrogens is 3. The summed E-state index contributed by atoms with van der Waals surface area (Å²) in [5, 5.41) is 1.05. The highest BCUT2D eigenvalue weighted by molar-refractivity contribution is 5.92. The molecule has 0 spiro atoms. The molecule has 1 aliphatic heterocycles. The van der Waals surface area contributed by atoms with Crippen molar-refractivity contribution in [2.75, 3.05) is 25.1 Å². The predicted molar refractivity (Wildman–Crippen MR) is 79.0 cm³/mol. The van der Waals surface area contributed by atoms with Gasteiger partial charge in [-0.05, 0) is 32.8 Å². The smallest absolute Gasteiger partial charge is 0.142 e. The number of anilines is 1. The number of nitrogens with zero attached hydrogens (tertiary/aromatic N) is 4. The summed E-state index contributed by atoms with van der Waals surface area (Å²) >= 11 is 0. The van der Waals surface area contributed by atoms with E-state index in [1.54, 1.807) is 7.11 Å². The number of fused-ring (bicyclic) bond motifs is 1. The summed E-state index contributed by atoms with van der Waals surface area (Å²) < 4.78 is 5.30. The predicted octanol–water partition coefficient (Wildman–Crippen LogP) is 2.39. The second-order valence-electron chi connectivity index (χ2n) is 5.33. The Morgan fingerprint density at radius 1 is 1.15 bits per heavy atom. The van der Waals surface area contributed by atoms with Crippen molar-refractivity contribution in [2.24, 2.45) is 0 Å². The van der Waals surface area contributed by atoms with E-state index in [0.29, 0.717) is 6.61 Å². The molecule has 0 unspecified atom stereocenters. The molecule has 0 bridgehead atoms. The third-order valence-corrected chi connectivity index (χ3v) is 3.66. The Labute approximate surface area is 119 Å². The summed E-state index contributed by atoms with van der Waals surface area (Å²) in [6, 6.07) is 2.03. The van der Waals surface area contributed by atoms with Crippen molar-refractivity contribution < 1.29 is 4.74 Å². The van der Waals surface area contributed by atoms with Gasteiger partial charge in [0.15, 0.2) is 0 Å². The first-order valence-electron chi connectivity index (χ1n) is 7.08. The van der Waals surface area contributed by atoms with Gasteiger partial charge in [-0.1, -0.05) is 0 Å². The van der Waals surface area contributed by atoms with E-state index in [9.17, 15) is 0 Å². The zero-order chi connectivity index (χ0) is 14.1. The lowest BCUT2D eigenvalue weighted by molar-refractivity contribution is 0.182. The molecule has 3 rings (SSSR count). The zero-order valence-electron chi connectivity index (χ0n) is 12.3. The average molecular weight is 272 g/mol. The van der Waals surface area contributed by atoms with E-state index in [-0.39, 0.29) is 0 Å². The fourth-order valence-corrected chi connectivity index (χ4v) is 2.86. The number of pyridine rings is 1. The SMILES string of the molecule is COCc1nc(C)cc2nc(C)nc(N3CCCC3)c12. The molecule has 0 radical (unpaired) electrons. The summed E-state index contributed by atoms with van der Waals surface area (Å²) in [6.45, 7) is 6.56. The van der Waals surface area contributed by atoms with Gasteiger partial charge in [0.05, 0.1) is 23.2 Å². The van der Waals surface area contributed by atoms with Crippen molar-refractivity contribution in [1.29, 1.82) is 0 Å². The van der Waals surface area contributed by atoms with E-state index >= 15 is 0 Å². The Morgan fingerprint density at radius 3 is 2.60 bits per heavy atom. The first kappa shape index (κ1) is 13.2. The van der Waals surface area contributed by atoms with Crippen molar-refractivity contribution in [3.8, 4) is 0 Å². The van der Waals surface area contributed by atoms with Crippen LogP contribution in [-0.4, -0.2) is 35.2 Å². The van der Waals surface area contributed by atoms with Gasteiger partial charge in [-0.25, -0.2) is 9.97 Å². The second kappa shape index (κ2) is 5.32. The molecule has 0 amide bonds. The molecule has 1 fully saturated rings. The van der Waals surface area contributed by atoms with Crippen LogP contribution in [0.3, 0.4) is 0 Å². The Kier molecular flexibility index (Phi) is 3.53. The van der Waals surface area contributed by atoms with Gasteiger partial charge in [0.1, 0.15) is 11.6 Å². The van der Waals surface area contributed by atoms with E-state index < -0.39 is 0 Å². The highest BCUT2D eigenvalue weighted by Gasteiger charge is 2.20. The Balaban J connectivity index is 2.25. The van der Waals surface area contributed by atoms with Crippen LogP contribution in [0.1, 0.15) is 30.1 Å². The van der Waals surface area contributed by atoms with E-state index in [0.717, 1.165) is 47.0 Å². The van der Waals surface area contributed by atoms with Crippen LogP contribution in [-0.2, 0) is 11.3 Å². The van der Waals surface area contributed by atoms with Crippen molar-refractivity contribution in [3.63, 3.8) is 0 Å². The first-order chi connectivity index (χ1) is 9.69. The van der Waals surface area contributed by atoms with Gasteiger partial charge in [0.2, 0.25) is 0 Å². The third kappa shape index (κ3) is 2.33. The van der Waals surface area contributed by atoms with Crippen molar-refractivity contribution in [2.45, 2.75) is 33.3 Å². The van der Waals surface area contributed by atoms with Gasteiger partial charge in [-0.3, -0.25) is 4.98 Å². The fraction of sp³-hybridized carbons (Fsp3) is 0.533. The largest absolute Gasteiger partial charge is 0.378 e. The molecule has 0 aromatic carbocycles. The molecule has 5 heteroatoms. The van der Waals surface area contributed by atoms with Crippen LogP contribution in [0.2, 0.25) is 0 Å². The summed E-state index contributed by atoms with van der Waals surface area (Å²) in [5.74, 6) is 1.83. The van der Waals surface area contributed by atoms with Gasteiger partial charge in [-0.15, -0.1) is 0 Å². The number of ether oxygens (including phenoxy) is 1. The average Bonchev–Trinajstić information content (AvgIpc) is 2.91. The number of hydrogen-bond donors (Lipinski definition) is 0. The minimum absolute atomic E-state index is 0.492. The molecule has 2 aromatic heterocycles. The fourth-order valence-electron chi connectivity index (χ4n) is 2.86. The summed E-state index contributed by atoms with van der Waals surface area (Å²) in [7, 11) is 1.69. The summed E-state index contributed by atoms with van der Waals surface area (Å²) in [5.41, 5.74) is 2.87. The number of rotatable bonds is 3. The monoisotopic (exact) mass is 272 g/mol. The number of hydrogen-bond acceptors (Lipinski definition) is 5. The molecular weight excluding hydrogens is 252 g/mol. The first-order valence-corrected chi connectivity index (χ1v) is 7.08. The van der Waals surface area contributed by atoms with Crippen LogP contribution in [0.4, 0.5) is 5.82 Å². The van der Waals surface area contributed by atoms with Gasteiger partial charge in [0, 0.05) is 25.9 Å². The van der Waals surface area contributed by atoms with Crippen molar-refractivity contribution in [3.05, 3.63) is 23.3 Å². The van der Waals surface area contributed by atoms with Gasteiger partial charge < -0.3 is 9.64 Å². The summed E-state index contributed by atoms with van der Waals surface area (Å²) in [6.07, 6.45) is 2.45.